The Morgan fingerprint density at radius 2 is 1.82 bits per heavy atom. The number of benzene rings is 1. The van der Waals surface area contributed by atoms with E-state index in [1.54, 1.807) is 0 Å². The molecule has 0 saturated carbocycles. The van der Waals surface area contributed by atoms with E-state index in [0.29, 0.717) is 18.3 Å². The van der Waals surface area contributed by atoms with Gasteiger partial charge in [-0.05, 0) is 53.7 Å². The maximum absolute atomic E-state index is 13.9. The van der Waals surface area contributed by atoms with E-state index in [2.05, 4.69) is 65.1 Å². The molecule has 202 valence electrons. The number of pyridine rings is 1. The fourth-order valence-electron chi connectivity index (χ4n) is 5.08. The smallest absolute Gasteiger partial charge is 0.334 e. The lowest BCUT2D eigenvalue weighted by Gasteiger charge is -2.13. The average Bonchev–Trinajstić information content (AvgIpc) is 3.69. The topological polar surface area (TPSA) is 99.2 Å². The first-order valence-electron chi connectivity index (χ1n) is 13.8. The van der Waals surface area contributed by atoms with E-state index in [9.17, 15) is 4.79 Å². The second-order valence-corrected chi connectivity index (χ2v) is 10.2. The number of hydrogen-bond acceptors (Lipinski definition) is 5. The summed E-state index contributed by atoms with van der Waals surface area (Å²) in [6, 6.07) is 14.1. The van der Waals surface area contributed by atoms with Crippen molar-refractivity contribution in [2.75, 3.05) is 0 Å². The van der Waals surface area contributed by atoms with E-state index in [4.69, 9.17) is 4.98 Å². The van der Waals surface area contributed by atoms with Crippen molar-refractivity contribution >= 4 is 0 Å². The molecule has 0 bridgehead atoms. The highest BCUT2D eigenvalue weighted by Crippen LogP contribution is 2.29. The van der Waals surface area contributed by atoms with Crippen molar-refractivity contribution in [1.29, 1.82) is 0 Å². The highest BCUT2D eigenvalue weighted by molar-refractivity contribution is 5.79. The lowest BCUT2D eigenvalue weighted by Crippen LogP contribution is -2.27. The number of H-pyrrole nitrogens is 1. The summed E-state index contributed by atoms with van der Waals surface area (Å²) >= 11 is 0. The predicted molar refractivity (Wildman–Crippen MR) is 153 cm³/mol. The quantitative estimate of drug-likeness (QED) is 0.242. The molecule has 4 heterocycles. The van der Waals surface area contributed by atoms with Gasteiger partial charge < -0.3 is 4.57 Å². The van der Waals surface area contributed by atoms with Crippen molar-refractivity contribution in [1.82, 2.24) is 39.3 Å². The summed E-state index contributed by atoms with van der Waals surface area (Å²) in [4.78, 5) is 18.7. The minimum atomic E-state index is -0.0209. The summed E-state index contributed by atoms with van der Waals surface area (Å²) in [5.74, 6) is 1.84. The van der Waals surface area contributed by atoms with Gasteiger partial charge in [-0.2, -0.15) is 5.21 Å². The molecule has 5 aromatic rings. The summed E-state index contributed by atoms with van der Waals surface area (Å²) in [6.45, 7) is 9.99. The van der Waals surface area contributed by atoms with E-state index < -0.39 is 0 Å². The van der Waals surface area contributed by atoms with Gasteiger partial charge in [-0.3, -0.25) is 14.1 Å². The van der Waals surface area contributed by atoms with E-state index >= 15 is 0 Å². The number of unbranched alkanes of at least 4 members (excludes halogenated alkanes) is 1. The van der Waals surface area contributed by atoms with Crippen LogP contribution in [0.15, 0.2) is 65.8 Å². The number of aromatic amines is 1. The number of hydrogen-bond donors (Lipinski definition) is 1. The Bertz CT molecular complexity index is 1570. The molecule has 5 rings (SSSR count). The number of nitrogens with zero attached hydrogens (tertiary/aromatic N) is 7. The number of imidazole rings is 1. The zero-order valence-corrected chi connectivity index (χ0v) is 23.1. The van der Waals surface area contributed by atoms with Crippen molar-refractivity contribution in [3.8, 4) is 28.3 Å². The molecule has 1 aromatic carbocycles. The van der Waals surface area contributed by atoms with Crippen LogP contribution in [0, 0.1) is 0 Å². The summed E-state index contributed by atoms with van der Waals surface area (Å²) in [7, 11) is 0. The molecular formula is C30H36N8O. The molecule has 4 aromatic heterocycles. The Balaban J connectivity index is 1.50. The van der Waals surface area contributed by atoms with Gasteiger partial charge in [0.2, 0.25) is 5.82 Å². The third-order valence-corrected chi connectivity index (χ3v) is 7.10. The zero-order valence-electron chi connectivity index (χ0n) is 23.1. The van der Waals surface area contributed by atoms with Crippen molar-refractivity contribution in [3.63, 3.8) is 0 Å². The lowest BCUT2D eigenvalue weighted by molar-refractivity contribution is 0.636. The summed E-state index contributed by atoms with van der Waals surface area (Å²) in [5.41, 5.74) is 5.85. The number of aryl methyl sites for hydroxylation is 2. The van der Waals surface area contributed by atoms with Crippen LogP contribution in [0.3, 0.4) is 0 Å². The molecule has 0 aliphatic rings. The van der Waals surface area contributed by atoms with E-state index in [1.807, 2.05) is 57.9 Å². The van der Waals surface area contributed by atoms with E-state index in [1.165, 1.54) is 5.56 Å². The summed E-state index contributed by atoms with van der Waals surface area (Å²) in [6.07, 6.45) is 9.94. The molecule has 0 aliphatic heterocycles. The molecular weight excluding hydrogens is 488 g/mol. The number of nitrogens with one attached hydrogen (secondary N) is 1. The molecule has 39 heavy (non-hydrogen) atoms. The lowest BCUT2D eigenvalue weighted by atomic mass is 10.0. The average molecular weight is 525 g/mol. The molecule has 0 atom stereocenters. The first-order chi connectivity index (χ1) is 19.0. The number of aromatic nitrogens is 8. The molecule has 0 radical (unpaired) electrons. The van der Waals surface area contributed by atoms with Crippen molar-refractivity contribution in [3.05, 3.63) is 88.5 Å². The molecule has 0 saturated heterocycles. The van der Waals surface area contributed by atoms with Crippen molar-refractivity contribution < 1.29 is 0 Å². The second kappa shape index (κ2) is 11.6. The maximum atomic E-state index is 13.9. The Hall–Kier alpha value is -4.27. The molecule has 0 amide bonds. The molecule has 9 heteroatoms. The highest BCUT2D eigenvalue weighted by atomic mass is 16.1. The van der Waals surface area contributed by atoms with Crippen LogP contribution in [0.1, 0.15) is 69.8 Å². The van der Waals surface area contributed by atoms with E-state index in [0.717, 1.165) is 66.1 Å². The monoisotopic (exact) mass is 524 g/mol. The first kappa shape index (κ1) is 26.3. The van der Waals surface area contributed by atoms with Crippen LogP contribution in [0.4, 0.5) is 0 Å². The van der Waals surface area contributed by atoms with Gasteiger partial charge in [-0.1, -0.05) is 64.4 Å². The SMILES string of the molecule is CCCCc1cn(-c2c(C(C)C)ccn2CCC)c(=O)n1Cc1ccc(-c2ccccc2-c2nn[nH]n2)cn1. The van der Waals surface area contributed by atoms with Gasteiger partial charge in [0.1, 0.15) is 5.82 Å². The molecule has 9 nitrogen and oxygen atoms in total. The molecule has 0 fully saturated rings. The Kier molecular flexibility index (Phi) is 7.86. The van der Waals surface area contributed by atoms with Crippen LogP contribution in [0.25, 0.3) is 28.3 Å². The van der Waals surface area contributed by atoms with Crippen LogP contribution in [-0.2, 0) is 19.5 Å². The van der Waals surface area contributed by atoms with Crippen LogP contribution >= 0.6 is 0 Å². The second-order valence-electron chi connectivity index (χ2n) is 10.2. The fraction of sp³-hybridized carbons (Fsp3) is 0.367. The van der Waals surface area contributed by atoms with Crippen LogP contribution in [-0.4, -0.2) is 39.3 Å². The first-order valence-corrected chi connectivity index (χ1v) is 13.8. The van der Waals surface area contributed by atoms with E-state index in [-0.39, 0.29) is 5.69 Å². The van der Waals surface area contributed by atoms with Crippen LogP contribution in [0.2, 0.25) is 0 Å². The summed E-state index contributed by atoms with van der Waals surface area (Å²) < 4.78 is 5.95. The van der Waals surface area contributed by atoms with Crippen LogP contribution in [0.5, 0.6) is 0 Å². The van der Waals surface area contributed by atoms with Gasteiger partial charge >= 0.3 is 5.69 Å². The van der Waals surface area contributed by atoms with Gasteiger partial charge in [0.25, 0.3) is 0 Å². The Labute approximate surface area is 228 Å². The molecule has 0 aliphatic carbocycles. The van der Waals surface area contributed by atoms with Crippen LogP contribution < -0.4 is 5.69 Å². The number of tetrazole rings is 1. The minimum absolute atomic E-state index is 0.0209. The van der Waals surface area contributed by atoms with Gasteiger partial charge in [0.05, 0.1) is 12.2 Å². The Morgan fingerprint density at radius 1 is 1.00 bits per heavy atom. The van der Waals surface area contributed by atoms with Gasteiger partial charge in [0.15, 0.2) is 0 Å². The standard InChI is InChI=1S/C30H36N8O/c1-5-7-10-24-20-38(29-25(21(3)4)15-17-36(29)16-6-2)30(39)37(24)19-23-14-13-22(18-31-23)26-11-8-9-12-27(26)28-32-34-35-33-28/h8-9,11-15,17-18,20-21H,5-7,10,16,19H2,1-4H3,(H,32,33,34,35). The van der Waals surface area contributed by atoms with Gasteiger partial charge in [0, 0.05) is 42.0 Å². The predicted octanol–water partition coefficient (Wildman–Crippen LogP) is 5.61. The molecule has 0 spiro atoms. The third-order valence-electron chi connectivity index (χ3n) is 7.10. The third kappa shape index (κ3) is 5.34. The molecule has 1 N–H and O–H groups in total. The Morgan fingerprint density at radius 3 is 2.49 bits per heavy atom. The van der Waals surface area contributed by atoms with Crippen molar-refractivity contribution in [2.45, 2.75) is 72.4 Å². The maximum Gasteiger partial charge on any atom is 0.334 e. The summed E-state index contributed by atoms with van der Waals surface area (Å²) in [5, 5.41) is 14.5. The normalized spacial score (nSPS) is 11.5. The molecule has 0 unspecified atom stereocenters. The van der Waals surface area contributed by atoms with Gasteiger partial charge in [-0.15, -0.1) is 10.2 Å². The largest absolute Gasteiger partial charge is 0.334 e. The fourth-order valence-corrected chi connectivity index (χ4v) is 5.08. The number of rotatable bonds is 11. The highest BCUT2D eigenvalue weighted by Gasteiger charge is 2.20. The van der Waals surface area contributed by atoms with Crippen molar-refractivity contribution in [2.24, 2.45) is 0 Å². The zero-order chi connectivity index (χ0) is 27.4. The minimum Gasteiger partial charge on any atom is -0.334 e. The van der Waals surface area contributed by atoms with Gasteiger partial charge in [-0.25, -0.2) is 4.79 Å².